The zero-order chi connectivity index (χ0) is 16.2. The van der Waals surface area contributed by atoms with Crippen molar-refractivity contribution in [1.82, 2.24) is 4.98 Å². The maximum Gasteiger partial charge on any atom is 0.269 e. The molecule has 0 spiro atoms. The molecule has 0 aliphatic rings. The molecule has 1 aromatic carbocycles. The second-order valence-electron chi connectivity index (χ2n) is 4.79. The van der Waals surface area contributed by atoms with Crippen molar-refractivity contribution in [3.8, 4) is 0 Å². The van der Waals surface area contributed by atoms with Crippen LogP contribution in [0.4, 0.5) is 10.2 Å². The van der Waals surface area contributed by atoms with Gasteiger partial charge in [0.2, 0.25) is 0 Å². The first kappa shape index (κ1) is 15.6. The number of halogens is 2. The number of amides is 1. The Morgan fingerprint density at radius 2 is 2.09 bits per heavy atom. The minimum Gasteiger partial charge on any atom is -0.287 e. The number of hydrogen-bond donors (Lipinski definition) is 0. The topological polar surface area (TPSA) is 33.2 Å². The van der Waals surface area contributed by atoms with Crippen molar-refractivity contribution in [3.05, 3.63) is 81.4 Å². The van der Waals surface area contributed by atoms with Crippen LogP contribution in [-0.2, 0) is 6.54 Å². The van der Waals surface area contributed by atoms with Gasteiger partial charge in [0.05, 0.1) is 11.4 Å². The molecular weight excluding hydrogens is 335 g/mol. The van der Waals surface area contributed by atoms with E-state index in [2.05, 4.69) is 4.98 Å². The van der Waals surface area contributed by atoms with Gasteiger partial charge in [0.1, 0.15) is 11.6 Å². The van der Waals surface area contributed by atoms with E-state index in [0.717, 1.165) is 0 Å². The lowest BCUT2D eigenvalue weighted by atomic mass is 10.2. The Hall–Kier alpha value is -2.24. The molecule has 3 rings (SSSR count). The minimum absolute atomic E-state index is 0.168. The van der Waals surface area contributed by atoms with Gasteiger partial charge in [-0.2, -0.15) is 0 Å². The number of carbonyl (C=O) groups excluding carboxylic acids is 1. The van der Waals surface area contributed by atoms with Crippen molar-refractivity contribution in [3.63, 3.8) is 0 Å². The highest BCUT2D eigenvalue weighted by atomic mass is 35.5. The molecule has 3 aromatic rings. The predicted molar refractivity (Wildman–Crippen MR) is 90.5 cm³/mol. The molecule has 2 aromatic heterocycles. The van der Waals surface area contributed by atoms with E-state index in [0.29, 0.717) is 16.3 Å². The van der Waals surface area contributed by atoms with Gasteiger partial charge in [-0.3, -0.25) is 9.69 Å². The summed E-state index contributed by atoms with van der Waals surface area (Å²) >= 11 is 7.45. The van der Waals surface area contributed by atoms with Crippen LogP contribution in [0, 0.1) is 5.82 Å². The number of anilines is 1. The number of carbonyl (C=O) groups is 1. The zero-order valence-corrected chi connectivity index (χ0v) is 13.5. The second-order valence-corrected chi connectivity index (χ2v) is 6.15. The Morgan fingerprint density at radius 3 is 2.74 bits per heavy atom. The summed E-state index contributed by atoms with van der Waals surface area (Å²) in [5, 5.41) is 2.12. The molecule has 116 valence electrons. The first-order chi connectivity index (χ1) is 11.1. The van der Waals surface area contributed by atoms with Crippen LogP contribution in [0.3, 0.4) is 0 Å². The second kappa shape index (κ2) is 6.89. The van der Waals surface area contributed by atoms with E-state index in [1.165, 1.54) is 28.4 Å². The fraction of sp³-hybridized carbons (Fsp3) is 0.0588. The SMILES string of the molecule is O=C(c1cccs1)N(Cc1ccc(F)cc1Cl)c1ccccn1. The Bertz CT molecular complexity index is 809. The fourth-order valence-corrected chi connectivity index (χ4v) is 3.02. The lowest BCUT2D eigenvalue weighted by Crippen LogP contribution is -2.30. The third kappa shape index (κ3) is 3.57. The molecule has 0 bridgehead atoms. The highest BCUT2D eigenvalue weighted by molar-refractivity contribution is 7.12. The van der Waals surface area contributed by atoms with Crippen LogP contribution in [0.25, 0.3) is 0 Å². The maximum absolute atomic E-state index is 13.2. The fourth-order valence-electron chi connectivity index (χ4n) is 2.12. The number of aromatic nitrogens is 1. The van der Waals surface area contributed by atoms with Gasteiger partial charge >= 0.3 is 0 Å². The summed E-state index contributed by atoms with van der Waals surface area (Å²) in [5.41, 5.74) is 0.656. The molecule has 1 amide bonds. The van der Waals surface area contributed by atoms with Crippen LogP contribution in [0.2, 0.25) is 5.02 Å². The Morgan fingerprint density at radius 1 is 1.22 bits per heavy atom. The molecule has 0 aliphatic carbocycles. The highest BCUT2D eigenvalue weighted by Crippen LogP contribution is 2.24. The van der Waals surface area contributed by atoms with E-state index in [9.17, 15) is 9.18 Å². The first-order valence-corrected chi connectivity index (χ1v) is 8.11. The Kier molecular flexibility index (Phi) is 4.69. The Labute approximate surface area is 142 Å². The van der Waals surface area contributed by atoms with E-state index < -0.39 is 5.82 Å². The lowest BCUT2D eigenvalue weighted by Gasteiger charge is -2.21. The van der Waals surface area contributed by atoms with Crippen molar-refractivity contribution < 1.29 is 9.18 Å². The summed E-state index contributed by atoms with van der Waals surface area (Å²) in [5.74, 6) is -0.0573. The van der Waals surface area contributed by atoms with E-state index >= 15 is 0 Å². The zero-order valence-electron chi connectivity index (χ0n) is 11.9. The molecule has 6 heteroatoms. The van der Waals surface area contributed by atoms with E-state index in [1.807, 2.05) is 17.5 Å². The molecule has 0 fully saturated rings. The van der Waals surface area contributed by atoms with Gasteiger partial charge in [-0.1, -0.05) is 29.8 Å². The number of pyridine rings is 1. The molecule has 0 unspecified atom stereocenters. The van der Waals surface area contributed by atoms with Gasteiger partial charge in [0.25, 0.3) is 5.91 Å². The monoisotopic (exact) mass is 346 g/mol. The largest absolute Gasteiger partial charge is 0.287 e. The van der Waals surface area contributed by atoms with Gasteiger partial charge in [-0.15, -0.1) is 11.3 Å². The summed E-state index contributed by atoms with van der Waals surface area (Å²) in [6.07, 6.45) is 1.62. The molecule has 0 saturated heterocycles. The molecular formula is C17H12ClFN2OS. The van der Waals surface area contributed by atoms with Crippen LogP contribution >= 0.6 is 22.9 Å². The number of nitrogens with zero attached hydrogens (tertiary/aromatic N) is 2. The molecule has 0 aliphatic heterocycles. The van der Waals surface area contributed by atoms with Crippen LogP contribution in [0.5, 0.6) is 0 Å². The first-order valence-electron chi connectivity index (χ1n) is 6.85. The number of rotatable bonds is 4. The summed E-state index contributed by atoms with van der Waals surface area (Å²) in [6, 6.07) is 13.1. The van der Waals surface area contributed by atoms with Crippen molar-refractivity contribution >= 4 is 34.7 Å². The van der Waals surface area contributed by atoms with E-state index in [4.69, 9.17) is 11.6 Å². The van der Waals surface area contributed by atoms with Crippen molar-refractivity contribution in [1.29, 1.82) is 0 Å². The molecule has 0 N–H and O–H groups in total. The smallest absolute Gasteiger partial charge is 0.269 e. The van der Waals surface area contributed by atoms with Gasteiger partial charge < -0.3 is 0 Å². The van der Waals surface area contributed by atoms with Gasteiger partial charge in [0, 0.05) is 11.2 Å². The summed E-state index contributed by atoms with van der Waals surface area (Å²) < 4.78 is 13.2. The Balaban J connectivity index is 1.97. The van der Waals surface area contributed by atoms with Crippen molar-refractivity contribution in [2.45, 2.75) is 6.54 Å². The van der Waals surface area contributed by atoms with Crippen LogP contribution in [0.1, 0.15) is 15.2 Å². The average Bonchev–Trinajstić information content (AvgIpc) is 3.09. The van der Waals surface area contributed by atoms with E-state index in [-0.39, 0.29) is 17.5 Å². The highest BCUT2D eigenvalue weighted by Gasteiger charge is 2.21. The predicted octanol–water partition coefficient (Wildman–Crippen LogP) is 4.78. The number of hydrogen-bond acceptors (Lipinski definition) is 3. The maximum atomic E-state index is 13.2. The van der Waals surface area contributed by atoms with E-state index in [1.54, 1.807) is 30.5 Å². The van der Waals surface area contributed by atoms with Crippen LogP contribution in [0.15, 0.2) is 60.1 Å². The molecule has 0 saturated carbocycles. The van der Waals surface area contributed by atoms with Gasteiger partial charge in [-0.05, 0) is 41.3 Å². The molecule has 0 atom stereocenters. The van der Waals surface area contributed by atoms with Gasteiger partial charge in [0.15, 0.2) is 0 Å². The normalized spacial score (nSPS) is 10.5. The third-order valence-electron chi connectivity index (χ3n) is 3.25. The molecule has 2 heterocycles. The van der Waals surface area contributed by atoms with Crippen LogP contribution < -0.4 is 4.90 Å². The average molecular weight is 347 g/mol. The third-order valence-corrected chi connectivity index (χ3v) is 4.46. The van der Waals surface area contributed by atoms with Gasteiger partial charge in [-0.25, -0.2) is 9.37 Å². The quantitative estimate of drug-likeness (QED) is 0.681. The summed E-state index contributed by atoms with van der Waals surface area (Å²) in [4.78, 5) is 19.2. The summed E-state index contributed by atoms with van der Waals surface area (Å²) in [6.45, 7) is 0.215. The molecule has 3 nitrogen and oxygen atoms in total. The van der Waals surface area contributed by atoms with Crippen molar-refractivity contribution in [2.24, 2.45) is 0 Å². The molecule has 0 radical (unpaired) electrons. The standard InChI is InChI=1S/C17H12ClFN2OS/c18-14-10-13(19)7-6-12(14)11-21(16-5-1-2-8-20-16)17(22)15-4-3-9-23-15/h1-10H,11H2. The number of thiophene rings is 1. The molecule has 23 heavy (non-hydrogen) atoms. The van der Waals surface area contributed by atoms with Crippen molar-refractivity contribution in [2.75, 3.05) is 4.90 Å². The minimum atomic E-state index is -0.410. The summed E-state index contributed by atoms with van der Waals surface area (Å²) in [7, 11) is 0. The lowest BCUT2D eigenvalue weighted by molar-refractivity contribution is 0.0988. The van der Waals surface area contributed by atoms with Crippen LogP contribution in [-0.4, -0.2) is 10.9 Å². The number of benzene rings is 1.